The number of aromatic hydroxyl groups is 2. The minimum atomic E-state index is 0.216. The molecule has 0 aliphatic carbocycles. The molecule has 0 saturated carbocycles. The van der Waals surface area contributed by atoms with Gasteiger partial charge in [-0.1, -0.05) is 129 Å². The molecule has 2 N–H and O–H groups in total. The highest BCUT2D eigenvalue weighted by atomic mass is 16.3. The van der Waals surface area contributed by atoms with Crippen LogP contribution in [-0.2, 0) is 12.8 Å². The fourth-order valence-corrected chi connectivity index (χ4v) is 5.67. The molecule has 202 valence electrons. The number of phenols is 2. The predicted molar refractivity (Wildman–Crippen MR) is 156 cm³/mol. The van der Waals surface area contributed by atoms with Crippen molar-refractivity contribution in [1.29, 1.82) is 0 Å². The molecule has 0 saturated heterocycles. The van der Waals surface area contributed by atoms with Gasteiger partial charge in [-0.3, -0.25) is 0 Å². The van der Waals surface area contributed by atoms with E-state index in [-0.39, 0.29) is 5.92 Å². The van der Waals surface area contributed by atoms with Crippen molar-refractivity contribution in [2.24, 2.45) is 0 Å². The van der Waals surface area contributed by atoms with Crippen LogP contribution in [0.1, 0.15) is 152 Å². The zero-order chi connectivity index (χ0) is 26.0. The standard InChI is InChI=1S/C34H54O2/c1-4-7-9-11-13-15-17-22-31-29(24-19-26-33(31)35)28(21-6-3)30-25-20-27-34(36)32(30)23-18-16-14-12-10-8-5-2/h19-20,24-28,35-36H,4-18,21-23H2,1-3H3. The summed E-state index contributed by atoms with van der Waals surface area (Å²) in [4.78, 5) is 0. The van der Waals surface area contributed by atoms with Crippen LogP contribution in [0.5, 0.6) is 11.5 Å². The molecule has 2 aromatic carbocycles. The lowest BCUT2D eigenvalue weighted by atomic mass is 9.80. The second kappa shape index (κ2) is 18.3. The molecule has 0 atom stereocenters. The lowest BCUT2D eigenvalue weighted by Crippen LogP contribution is -2.09. The number of hydrogen-bond acceptors (Lipinski definition) is 2. The highest BCUT2D eigenvalue weighted by molar-refractivity contribution is 5.49. The zero-order valence-electron chi connectivity index (χ0n) is 23.7. The number of hydrogen-bond donors (Lipinski definition) is 2. The van der Waals surface area contributed by atoms with Crippen molar-refractivity contribution in [1.82, 2.24) is 0 Å². The van der Waals surface area contributed by atoms with Crippen LogP contribution in [0.2, 0.25) is 0 Å². The topological polar surface area (TPSA) is 40.5 Å². The Labute approximate surface area is 222 Å². The number of unbranched alkanes of at least 4 members (excludes halogenated alkanes) is 12. The normalized spacial score (nSPS) is 11.4. The average molecular weight is 495 g/mol. The van der Waals surface area contributed by atoms with Gasteiger partial charge in [-0.05, 0) is 66.5 Å². The molecule has 0 aromatic heterocycles. The summed E-state index contributed by atoms with van der Waals surface area (Å²) in [6.07, 6.45) is 21.8. The van der Waals surface area contributed by atoms with Gasteiger partial charge < -0.3 is 10.2 Å². The Morgan fingerprint density at radius 2 is 0.889 bits per heavy atom. The highest BCUT2D eigenvalue weighted by Crippen LogP contribution is 2.39. The quantitative estimate of drug-likeness (QED) is 0.180. The second-order valence-corrected chi connectivity index (χ2v) is 10.8. The fraction of sp³-hybridized carbons (Fsp3) is 0.647. The highest BCUT2D eigenvalue weighted by Gasteiger charge is 2.22. The first-order valence-corrected chi connectivity index (χ1v) is 15.2. The Hall–Kier alpha value is -1.96. The van der Waals surface area contributed by atoms with Crippen LogP contribution >= 0.6 is 0 Å². The minimum Gasteiger partial charge on any atom is -0.508 e. The Morgan fingerprint density at radius 1 is 0.500 bits per heavy atom. The maximum absolute atomic E-state index is 10.9. The van der Waals surface area contributed by atoms with E-state index in [1.807, 2.05) is 24.3 Å². The maximum Gasteiger partial charge on any atom is 0.119 e. The van der Waals surface area contributed by atoms with E-state index in [2.05, 4.69) is 32.9 Å². The van der Waals surface area contributed by atoms with Crippen LogP contribution in [0.4, 0.5) is 0 Å². The lowest BCUT2D eigenvalue weighted by molar-refractivity contribution is 0.461. The van der Waals surface area contributed by atoms with Crippen LogP contribution in [0.3, 0.4) is 0 Å². The third-order valence-corrected chi connectivity index (χ3v) is 7.76. The van der Waals surface area contributed by atoms with E-state index in [0.717, 1.165) is 49.7 Å². The molecular formula is C34H54O2. The van der Waals surface area contributed by atoms with Gasteiger partial charge in [-0.15, -0.1) is 0 Å². The van der Waals surface area contributed by atoms with Crippen molar-refractivity contribution in [3.8, 4) is 11.5 Å². The molecule has 2 heteroatoms. The number of phenolic OH excluding ortho intramolecular Hbond substituents is 2. The molecule has 0 aliphatic heterocycles. The van der Waals surface area contributed by atoms with Crippen molar-refractivity contribution < 1.29 is 10.2 Å². The maximum atomic E-state index is 10.9. The van der Waals surface area contributed by atoms with Gasteiger partial charge in [0.15, 0.2) is 0 Å². The van der Waals surface area contributed by atoms with Crippen LogP contribution < -0.4 is 0 Å². The molecule has 0 spiro atoms. The smallest absolute Gasteiger partial charge is 0.119 e. The molecule has 2 rings (SSSR count). The molecule has 0 heterocycles. The summed E-state index contributed by atoms with van der Waals surface area (Å²) in [5.74, 6) is 1.09. The summed E-state index contributed by atoms with van der Waals surface area (Å²) in [5, 5.41) is 21.7. The van der Waals surface area contributed by atoms with Crippen molar-refractivity contribution in [2.45, 2.75) is 142 Å². The van der Waals surface area contributed by atoms with Crippen LogP contribution in [0.25, 0.3) is 0 Å². The molecule has 0 fully saturated rings. The summed E-state index contributed by atoms with van der Waals surface area (Å²) in [6, 6.07) is 12.1. The predicted octanol–water partition coefficient (Wildman–Crippen LogP) is 10.6. The first-order valence-electron chi connectivity index (χ1n) is 15.2. The van der Waals surface area contributed by atoms with Crippen LogP contribution in [0, 0.1) is 0 Å². The summed E-state index contributed by atoms with van der Waals surface area (Å²) in [5.41, 5.74) is 4.76. The molecular weight excluding hydrogens is 440 g/mol. The second-order valence-electron chi connectivity index (χ2n) is 10.8. The molecule has 0 amide bonds. The fourth-order valence-electron chi connectivity index (χ4n) is 5.67. The molecule has 0 radical (unpaired) electrons. The van der Waals surface area contributed by atoms with E-state index < -0.39 is 0 Å². The number of benzene rings is 2. The van der Waals surface area contributed by atoms with Crippen LogP contribution in [-0.4, -0.2) is 10.2 Å². The van der Waals surface area contributed by atoms with Gasteiger partial charge >= 0.3 is 0 Å². The SMILES string of the molecule is CCCCCCCCCc1c(O)cccc1C(CCC)c1cccc(O)c1CCCCCCCCC. The third kappa shape index (κ3) is 10.2. The summed E-state index contributed by atoms with van der Waals surface area (Å²) < 4.78 is 0. The molecule has 2 aromatic rings. The van der Waals surface area contributed by atoms with E-state index in [4.69, 9.17) is 0 Å². The largest absolute Gasteiger partial charge is 0.508 e. The van der Waals surface area contributed by atoms with Gasteiger partial charge in [-0.2, -0.15) is 0 Å². The molecule has 0 aliphatic rings. The van der Waals surface area contributed by atoms with Gasteiger partial charge in [0.05, 0.1) is 0 Å². The lowest BCUT2D eigenvalue weighted by Gasteiger charge is -2.25. The first kappa shape index (κ1) is 30.3. The molecule has 0 unspecified atom stereocenters. The van der Waals surface area contributed by atoms with Gasteiger partial charge in [-0.25, -0.2) is 0 Å². The van der Waals surface area contributed by atoms with Gasteiger partial charge in [0, 0.05) is 5.92 Å². The summed E-state index contributed by atoms with van der Waals surface area (Å²) >= 11 is 0. The molecule has 36 heavy (non-hydrogen) atoms. The minimum absolute atomic E-state index is 0.216. The zero-order valence-corrected chi connectivity index (χ0v) is 23.7. The summed E-state index contributed by atoms with van der Waals surface area (Å²) in [6.45, 7) is 6.77. The van der Waals surface area contributed by atoms with Crippen molar-refractivity contribution in [3.05, 3.63) is 58.7 Å². The molecule has 0 bridgehead atoms. The van der Waals surface area contributed by atoms with E-state index in [9.17, 15) is 10.2 Å². The van der Waals surface area contributed by atoms with Gasteiger partial charge in [0.25, 0.3) is 0 Å². The van der Waals surface area contributed by atoms with Crippen molar-refractivity contribution in [2.75, 3.05) is 0 Å². The first-order chi connectivity index (χ1) is 17.6. The number of rotatable bonds is 20. The monoisotopic (exact) mass is 494 g/mol. The Balaban J connectivity index is 2.15. The molecule has 2 nitrogen and oxygen atoms in total. The average Bonchev–Trinajstić information content (AvgIpc) is 2.88. The van der Waals surface area contributed by atoms with Gasteiger partial charge in [0.1, 0.15) is 11.5 Å². The van der Waals surface area contributed by atoms with E-state index >= 15 is 0 Å². The van der Waals surface area contributed by atoms with Crippen molar-refractivity contribution in [3.63, 3.8) is 0 Å². The van der Waals surface area contributed by atoms with E-state index in [1.54, 1.807) is 0 Å². The third-order valence-electron chi connectivity index (χ3n) is 7.76. The Morgan fingerprint density at radius 3 is 1.28 bits per heavy atom. The van der Waals surface area contributed by atoms with E-state index in [0.29, 0.717) is 11.5 Å². The Bertz CT molecular complexity index is 774. The van der Waals surface area contributed by atoms with Gasteiger partial charge in [0.2, 0.25) is 0 Å². The summed E-state index contributed by atoms with van der Waals surface area (Å²) in [7, 11) is 0. The van der Waals surface area contributed by atoms with Crippen LogP contribution in [0.15, 0.2) is 36.4 Å². The van der Waals surface area contributed by atoms with E-state index in [1.165, 1.54) is 88.2 Å². The van der Waals surface area contributed by atoms with Crippen molar-refractivity contribution >= 4 is 0 Å². The Kier molecular flexibility index (Phi) is 15.4.